The number of esters is 1. The zero-order valence-corrected chi connectivity index (χ0v) is 20.2. The van der Waals surface area contributed by atoms with Gasteiger partial charge in [0.15, 0.2) is 0 Å². The minimum atomic E-state index is -1.03. The number of ether oxygens (including phenoxy) is 2. The molecule has 4 rings (SSSR count). The zero-order chi connectivity index (χ0) is 23.9. The van der Waals surface area contributed by atoms with Crippen LogP contribution < -0.4 is 5.32 Å². The van der Waals surface area contributed by atoms with Crippen LogP contribution in [0.3, 0.4) is 0 Å². The van der Waals surface area contributed by atoms with Crippen molar-refractivity contribution >= 4 is 18.0 Å². The third-order valence-corrected chi connectivity index (χ3v) is 7.27. The van der Waals surface area contributed by atoms with E-state index in [1.165, 1.54) is 24.1 Å². The van der Waals surface area contributed by atoms with Crippen LogP contribution >= 0.6 is 0 Å². The van der Waals surface area contributed by atoms with E-state index in [2.05, 4.69) is 17.4 Å². The van der Waals surface area contributed by atoms with Crippen molar-refractivity contribution in [1.29, 1.82) is 0 Å². The molecule has 3 aliphatic rings. The van der Waals surface area contributed by atoms with Gasteiger partial charge in [-0.1, -0.05) is 12.5 Å². The summed E-state index contributed by atoms with van der Waals surface area (Å²) in [6, 6.07) is 3.35. The molecular formula is C26H37N3O5. The lowest BCUT2D eigenvalue weighted by atomic mass is 9.86. The minimum Gasteiger partial charge on any atom is -0.464 e. The van der Waals surface area contributed by atoms with Crippen molar-refractivity contribution in [2.45, 2.75) is 77.2 Å². The molecule has 8 nitrogen and oxygen atoms in total. The van der Waals surface area contributed by atoms with E-state index in [1.807, 2.05) is 0 Å². The third kappa shape index (κ3) is 6.48. The lowest BCUT2D eigenvalue weighted by Gasteiger charge is -2.40. The highest BCUT2D eigenvalue weighted by atomic mass is 16.6. The number of pyridine rings is 1. The molecule has 8 heteroatoms. The van der Waals surface area contributed by atoms with Crippen molar-refractivity contribution in [2.75, 3.05) is 26.3 Å². The Morgan fingerprint density at radius 2 is 1.88 bits per heavy atom. The van der Waals surface area contributed by atoms with Crippen LogP contribution in [0.4, 0.5) is 4.79 Å². The van der Waals surface area contributed by atoms with E-state index in [0.29, 0.717) is 31.5 Å². The highest BCUT2D eigenvalue weighted by Crippen LogP contribution is 2.26. The minimum absolute atomic E-state index is 0.115. The van der Waals surface area contributed by atoms with Gasteiger partial charge in [-0.2, -0.15) is 0 Å². The molecule has 0 radical (unpaired) electrons. The van der Waals surface area contributed by atoms with E-state index in [0.717, 1.165) is 50.6 Å². The second-order valence-corrected chi connectivity index (χ2v) is 9.87. The van der Waals surface area contributed by atoms with Crippen LogP contribution in [0.15, 0.2) is 12.1 Å². The molecule has 1 saturated heterocycles. The molecule has 0 aromatic carbocycles. The van der Waals surface area contributed by atoms with Crippen LogP contribution in [-0.4, -0.2) is 60.2 Å². The molecule has 0 unspecified atom stereocenters. The van der Waals surface area contributed by atoms with Crippen LogP contribution in [0, 0.1) is 11.8 Å². The van der Waals surface area contributed by atoms with Gasteiger partial charge in [0.25, 0.3) is 0 Å². The molecule has 1 saturated carbocycles. The second-order valence-electron chi connectivity index (χ2n) is 9.87. The molecule has 2 fully saturated rings. The number of nitrogens with one attached hydrogen (secondary N) is 1. The molecule has 1 aromatic rings. The van der Waals surface area contributed by atoms with Crippen molar-refractivity contribution in [3.8, 4) is 0 Å². The zero-order valence-electron chi connectivity index (χ0n) is 20.2. The molecule has 0 bridgehead atoms. The molecule has 2 amide bonds. The number of rotatable bonds is 10. The predicted octanol–water partition coefficient (Wildman–Crippen LogP) is 3.20. The average Bonchev–Trinajstić information content (AvgIpc) is 2.76. The van der Waals surface area contributed by atoms with Crippen molar-refractivity contribution in [2.24, 2.45) is 11.8 Å². The van der Waals surface area contributed by atoms with Crippen molar-refractivity contribution in [3.05, 3.63) is 29.1 Å². The first-order chi connectivity index (χ1) is 16.5. The smallest absolute Gasteiger partial charge is 0.407 e. The number of nitrogens with zero attached hydrogens (tertiary/aromatic N) is 2. The SMILES string of the molecule is CCOC(=O)[C@H](CC(=O)N1CC(CCc2ccc3c(n2)CCCC3)C1)NC(=O)OCC1CCC1. The molecule has 1 atom stereocenters. The molecule has 0 spiro atoms. The van der Waals surface area contributed by atoms with E-state index in [4.69, 9.17) is 14.5 Å². The fourth-order valence-corrected chi connectivity index (χ4v) is 4.85. The monoisotopic (exact) mass is 471 g/mol. The first-order valence-electron chi connectivity index (χ1n) is 12.9. The molecule has 1 aliphatic heterocycles. The molecule has 34 heavy (non-hydrogen) atoms. The first kappa shape index (κ1) is 24.5. The van der Waals surface area contributed by atoms with Gasteiger partial charge in [0.05, 0.1) is 19.6 Å². The molecule has 2 heterocycles. The first-order valence-corrected chi connectivity index (χ1v) is 12.9. The molecule has 1 N–H and O–H groups in total. The van der Waals surface area contributed by atoms with E-state index >= 15 is 0 Å². The Morgan fingerprint density at radius 1 is 1.09 bits per heavy atom. The quantitative estimate of drug-likeness (QED) is 0.526. The maximum atomic E-state index is 12.7. The van der Waals surface area contributed by atoms with E-state index in [1.54, 1.807) is 11.8 Å². The number of fused-ring (bicyclic) bond motifs is 1. The Labute approximate surface area is 201 Å². The Balaban J connectivity index is 1.20. The molecule has 186 valence electrons. The maximum Gasteiger partial charge on any atom is 0.407 e. The number of hydrogen-bond acceptors (Lipinski definition) is 6. The van der Waals surface area contributed by atoms with Gasteiger partial charge in [-0.3, -0.25) is 9.78 Å². The standard InChI is InChI=1S/C26H37N3O5/c1-2-33-25(31)23(28-26(32)34-17-18-6-5-7-18)14-24(30)29-15-19(16-29)10-12-21-13-11-20-8-3-4-9-22(20)27-21/h11,13,18-19,23H,2-10,12,14-17H2,1H3,(H,28,32)/t23-/m0/s1. The summed E-state index contributed by atoms with van der Waals surface area (Å²) in [6.07, 6.45) is 9.11. The normalized spacial score (nSPS) is 18.8. The summed E-state index contributed by atoms with van der Waals surface area (Å²) < 4.78 is 10.3. The number of aryl methyl sites for hydroxylation is 3. The topological polar surface area (TPSA) is 97.8 Å². The second kappa shape index (κ2) is 11.7. The molecule has 2 aliphatic carbocycles. The summed E-state index contributed by atoms with van der Waals surface area (Å²) in [7, 11) is 0. The van der Waals surface area contributed by atoms with Crippen LogP contribution in [-0.2, 0) is 38.3 Å². The van der Waals surface area contributed by atoms with Gasteiger partial charge in [-0.05, 0) is 81.8 Å². The van der Waals surface area contributed by atoms with Gasteiger partial charge < -0.3 is 19.7 Å². The van der Waals surface area contributed by atoms with Gasteiger partial charge in [-0.25, -0.2) is 9.59 Å². The highest BCUT2D eigenvalue weighted by molar-refractivity contribution is 5.88. The number of carbonyl (C=O) groups excluding carboxylic acids is 3. The fraction of sp³-hybridized carbons (Fsp3) is 0.692. The number of amides is 2. The average molecular weight is 472 g/mol. The predicted molar refractivity (Wildman–Crippen MR) is 126 cm³/mol. The van der Waals surface area contributed by atoms with Gasteiger partial charge in [-0.15, -0.1) is 0 Å². The number of carbonyl (C=O) groups is 3. The van der Waals surface area contributed by atoms with Crippen LogP contribution in [0.1, 0.15) is 68.8 Å². The Bertz CT molecular complexity index is 879. The molecular weight excluding hydrogens is 434 g/mol. The largest absolute Gasteiger partial charge is 0.464 e. The number of aromatic nitrogens is 1. The fourth-order valence-electron chi connectivity index (χ4n) is 4.85. The highest BCUT2D eigenvalue weighted by Gasteiger charge is 2.34. The lowest BCUT2D eigenvalue weighted by molar-refractivity contribution is -0.149. The number of likely N-dealkylation sites (tertiary alicyclic amines) is 1. The van der Waals surface area contributed by atoms with Crippen molar-refractivity contribution in [3.63, 3.8) is 0 Å². The van der Waals surface area contributed by atoms with Crippen molar-refractivity contribution < 1.29 is 23.9 Å². The van der Waals surface area contributed by atoms with Crippen LogP contribution in [0.2, 0.25) is 0 Å². The van der Waals surface area contributed by atoms with Gasteiger partial charge in [0.1, 0.15) is 6.04 Å². The van der Waals surface area contributed by atoms with Gasteiger partial charge in [0.2, 0.25) is 5.91 Å². The number of alkyl carbamates (subject to hydrolysis) is 1. The van der Waals surface area contributed by atoms with E-state index in [9.17, 15) is 14.4 Å². The van der Waals surface area contributed by atoms with E-state index < -0.39 is 18.1 Å². The summed E-state index contributed by atoms with van der Waals surface area (Å²) in [4.78, 5) is 43.8. The lowest BCUT2D eigenvalue weighted by Crippen LogP contribution is -2.53. The molecule has 1 aromatic heterocycles. The van der Waals surface area contributed by atoms with E-state index in [-0.39, 0.29) is 18.9 Å². The summed E-state index contributed by atoms with van der Waals surface area (Å²) in [6.45, 7) is 3.58. The van der Waals surface area contributed by atoms with Crippen LogP contribution in [0.5, 0.6) is 0 Å². The summed E-state index contributed by atoms with van der Waals surface area (Å²) in [5.41, 5.74) is 3.79. The Hall–Kier alpha value is -2.64. The summed E-state index contributed by atoms with van der Waals surface area (Å²) in [5.74, 6) is 0.0821. The Kier molecular flexibility index (Phi) is 8.40. The summed E-state index contributed by atoms with van der Waals surface area (Å²) >= 11 is 0. The summed E-state index contributed by atoms with van der Waals surface area (Å²) in [5, 5.41) is 2.53. The number of hydrogen-bond donors (Lipinski definition) is 1. The Morgan fingerprint density at radius 3 is 2.62 bits per heavy atom. The van der Waals surface area contributed by atoms with Crippen LogP contribution in [0.25, 0.3) is 0 Å². The van der Waals surface area contributed by atoms with Crippen molar-refractivity contribution in [1.82, 2.24) is 15.2 Å². The third-order valence-electron chi connectivity index (χ3n) is 7.27. The van der Waals surface area contributed by atoms with Gasteiger partial charge in [0, 0.05) is 24.5 Å². The van der Waals surface area contributed by atoms with Gasteiger partial charge >= 0.3 is 12.1 Å². The maximum absolute atomic E-state index is 12.7.